The van der Waals surface area contributed by atoms with Crippen LogP contribution in [-0.4, -0.2) is 33.9 Å². The van der Waals surface area contributed by atoms with Crippen LogP contribution < -0.4 is 0 Å². The molecular weight excluding hydrogens is 250 g/mol. The van der Waals surface area contributed by atoms with Crippen LogP contribution in [0.4, 0.5) is 0 Å². The highest BCUT2D eigenvalue weighted by molar-refractivity contribution is 6.29. The van der Waals surface area contributed by atoms with E-state index < -0.39 is 0 Å². The van der Waals surface area contributed by atoms with Crippen LogP contribution in [0.1, 0.15) is 36.6 Å². The third kappa shape index (κ3) is 2.99. The number of nitrogens with zero attached hydrogens (tertiary/aromatic N) is 3. The molecule has 1 aliphatic heterocycles. The maximum absolute atomic E-state index is 12.4. The summed E-state index contributed by atoms with van der Waals surface area (Å²) < 4.78 is 0. The molecule has 0 radical (unpaired) electrons. The first-order chi connectivity index (χ1) is 8.45. The Kier molecular flexibility index (Phi) is 3.85. The second-order valence-corrected chi connectivity index (χ2v) is 5.67. The van der Waals surface area contributed by atoms with Crippen LogP contribution in [0.5, 0.6) is 0 Å². The summed E-state index contributed by atoms with van der Waals surface area (Å²) in [7, 11) is 0. The van der Waals surface area contributed by atoms with Gasteiger partial charge in [-0.1, -0.05) is 25.4 Å². The van der Waals surface area contributed by atoms with Gasteiger partial charge >= 0.3 is 0 Å². The van der Waals surface area contributed by atoms with Gasteiger partial charge in [-0.15, -0.1) is 0 Å². The molecule has 1 aliphatic rings. The van der Waals surface area contributed by atoms with E-state index in [1.165, 1.54) is 6.42 Å². The van der Waals surface area contributed by atoms with Gasteiger partial charge < -0.3 is 4.90 Å². The van der Waals surface area contributed by atoms with Gasteiger partial charge in [-0.05, 0) is 25.2 Å². The highest BCUT2D eigenvalue weighted by Gasteiger charge is 2.27. The average Bonchev–Trinajstić information content (AvgIpc) is 2.25. The molecule has 0 aliphatic carbocycles. The number of hydrogen-bond acceptors (Lipinski definition) is 3. The molecule has 2 heterocycles. The van der Waals surface area contributed by atoms with Crippen LogP contribution in [0, 0.1) is 18.8 Å². The van der Waals surface area contributed by atoms with Crippen molar-refractivity contribution in [2.45, 2.75) is 27.2 Å². The number of carbonyl (C=O) groups excluding carboxylic acids is 1. The van der Waals surface area contributed by atoms with Gasteiger partial charge in [0.05, 0.1) is 0 Å². The van der Waals surface area contributed by atoms with Gasteiger partial charge in [0.2, 0.25) is 0 Å². The lowest BCUT2D eigenvalue weighted by atomic mass is 9.92. The molecule has 1 aromatic rings. The zero-order valence-electron chi connectivity index (χ0n) is 11.0. The Bertz CT molecular complexity index is 433. The van der Waals surface area contributed by atoms with E-state index >= 15 is 0 Å². The molecule has 2 rings (SSSR count). The zero-order valence-corrected chi connectivity index (χ0v) is 11.7. The lowest BCUT2D eigenvalue weighted by molar-refractivity contribution is 0.0616. The fraction of sp³-hybridized carbons (Fsp3) is 0.615. The van der Waals surface area contributed by atoms with Crippen molar-refractivity contribution < 1.29 is 4.79 Å². The predicted molar refractivity (Wildman–Crippen MR) is 70.6 cm³/mol. The summed E-state index contributed by atoms with van der Waals surface area (Å²) in [6.45, 7) is 7.68. The smallest absolute Gasteiger partial charge is 0.272 e. The molecule has 0 N–H and O–H groups in total. The normalized spacial score (nSPS) is 24.1. The number of amides is 1. The van der Waals surface area contributed by atoms with Crippen molar-refractivity contribution in [1.82, 2.24) is 14.9 Å². The summed E-state index contributed by atoms with van der Waals surface area (Å²) in [4.78, 5) is 22.4. The van der Waals surface area contributed by atoms with Gasteiger partial charge in [-0.3, -0.25) is 4.79 Å². The number of halogens is 1. The quantitative estimate of drug-likeness (QED) is 0.735. The Balaban J connectivity index is 2.20. The van der Waals surface area contributed by atoms with Crippen LogP contribution in [0.2, 0.25) is 5.15 Å². The average molecular weight is 268 g/mol. The first-order valence-corrected chi connectivity index (χ1v) is 6.64. The van der Waals surface area contributed by atoms with Crippen molar-refractivity contribution >= 4 is 17.5 Å². The Morgan fingerprint density at radius 1 is 1.33 bits per heavy atom. The van der Waals surface area contributed by atoms with Crippen LogP contribution in [0.25, 0.3) is 0 Å². The van der Waals surface area contributed by atoms with Gasteiger partial charge in [-0.2, -0.15) is 0 Å². The standard InChI is InChI=1S/C13H18ClN3O/c1-8-4-9(2)7-17(6-8)13(18)11-5-12(14)16-10(3)15-11/h5,8-9H,4,6-7H2,1-3H3. The van der Waals surface area contributed by atoms with Crippen LogP contribution in [-0.2, 0) is 0 Å². The number of likely N-dealkylation sites (tertiary alicyclic amines) is 1. The van der Waals surface area contributed by atoms with Crippen LogP contribution in [0.15, 0.2) is 6.07 Å². The highest BCUT2D eigenvalue weighted by Crippen LogP contribution is 2.22. The third-order valence-corrected chi connectivity index (χ3v) is 3.38. The van der Waals surface area contributed by atoms with Gasteiger partial charge in [0.15, 0.2) is 0 Å². The monoisotopic (exact) mass is 267 g/mol. The summed E-state index contributed by atoms with van der Waals surface area (Å²) in [5.41, 5.74) is 0.397. The van der Waals surface area contributed by atoms with Crippen molar-refractivity contribution in [2.75, 3.05) is 13.1 Å². The molecule has 1 amide bonds. The van der Waals surface area contributed by atoms with Gasteiger partial charge in [0.1, 0.15) is 16.7 Å². The second-order valence-electron chi connectivity index (χ2n) is 5.28. The fourth-order valence-electron chi connectivity index (χ4n) is 2.63. The fourth-order valence-corrected chi connectivity index (χ4v) is 2.86. The Morgan fingerprint density at radius 3 is 2.50 bits per heavy atom. The Hall–Kier alpha value is -1.16. The third-order valence-electron chi connectivity index (χ3n) is 3.18. The largest absolute Gasteiger partial charge is 0.337 e. The van der Waals surface area contributed by atoms with E-state index in [1.54, 1.807) is 13.0 Å². The molecule has 18 heavy (non-hydrogen) atoms. The van der Waals surface area contributed by atoms with E-state index in [2.05, 4.69) is 23.8 Å². The lowest BCUT2D eigenvalue weighted by Gasteiger charge is -2.34. The molecule has 1 aromatic heterocycles. The van der Waals surface area contributed by atoms with Crippen molar-refractivity contribution in [2.24, 2.45) is 11.8 Å². The molecule has 0 spiro atoms. The Morgan fingerprint density at radius 2 is 1.94 bits per heavy atom. The van der Waals surface area contributed by atoms with Crippen molar-refractivity contribution in [3.05, 3.63) is 22.7 Å². The van der Waals surface area contributed by atoms with Gasteiger partial charge in [0.25, 0.3) is 5.91 Å². The zero-order chi connectivity index (χ0) is 13.3. The summed E-state index contributed by atoms with van der Waals surface area (Å²) in [6.07, 6.45) is 1.17. The van der Waals surface area contributed by atoms with E-state index in [-0.39, 0.29) is 5.91 Å². The van der Waals surface area contributed by atoms with E-state index in [9.17, 15) is 4.79 Å². The predicted octanol–water partition coefficient (Wildman–Crippen LogP) is 2.56. The highest BCUT2D eigenvalue weighted by atomic mass is 35.5. The molecule has 5 heteroatoms. The van der Waals surface area contributed by atoms with Gasteiger partial charge in [0, 0.05) is 19.2 Å². The number of hydrogen-bond donors (Lipinski definition) is 0. The van der Waals surface area contributed by atoms with E-state index in [4.69, 9.17) is 11.6 Å². The molecule has 2 atom stereocenters. The molecule has 0 aromatic carbocycles. The van der Waals surface area contributed by atoms with Crippen molar-refractivity contribution in [1.29, 1.82) is 0 Å². The van der Waals surface area contributed by atoms with E-state index in [0.29, 0.717) is 28.5 Å². The molecule has 98 valence electrons. The first kappa shape index (κ1) is 13.3. The topological polar surface area (TPSA) is 46.1 Å². The number of aryl methyl sites for hydroxylation is 1. The maximum Gasteiger partial charge on any atom is 0.272 e. The molecule has 4 nitrogen and oxygen atoms in total. The number of aromatic nitrogens is 2. The number of piperidine rings is 1. The van der Waals surface area contributed by atoms with Crippen molar-refractivity contribution in [3.63, 3.8) is 0 Å². The molecule has 1 saturated heterocycles. The molecular formula is C13H18ClN3O. The maximum atomic E-state index is 12.4. The number of carbonyl (C=O) groups is 1. The minimum absolute atomic E-state index is 0.0409. The molecule has 0 saturated carbocycles. The minimum atomic E-state index is -0.0409. The lowest BCUT2D eigenvalue weighted by Crippen LogP contribution is -2.42. The molecule has 2 unspecified atom stereocenters. The Labute approximate surface area is 112 Å². The number of rotatable bonds is 1. The van der Waals surface area contributed by atoms with Crippen molar-refractivity contribution in [3.8, 4) is 0 Å². The summed E-state index contributed by atoms with van der Waals surface area (Å²) in [5, 5.41) is 0.323. The second kappa shape index (κ2) is 5.22. The summed E-state index contributed by atoms with van der Waals surface area (Å²) >= 11 is 5.87. The van der Waals surface area contributed by atoms with Crippen LogP contribution in [0.3, 0.4) is 0 Å². The van der Waals surface area contributed by atoms with E-state index in [1.807, 2.05) is 4.90 Å². The molecule has 0 bridgehead atoms. The first-order valence-electron chi connectivity index (χ1n) is 6.26. The summed E-state index contributed by atoms with van der Waals surface area (Å²) in [5.74, 6) is 1.57. The molecule has 1 fully saturated rings. The van der Waals surface area contributed by atoms with Crippen LogP contribution >= 0.6 is 11.6 Å². The van der Waals surface area contributed by atoms with E-state index in [0.717, 1.165) is 13.1 Å². The van der Waals surface area contributed by atoms with Gasteiger partial charge in [-0.25, -0.2) is 9.97 Å². The minimum Gasteiger partial charge on any atom is -0.337 e. The summed E-state index contributed by atoms with van der Waals surface area (Å²) in [6, 6.07) is 1.54. The SMILES string of the molecule is Cc1nc(Cl)cc(C(=O)N2CC(C)CC(C)C2)n1.